The van der Waals surface area contributed by atoms with Crippen LogP contribution in [-0.2, 0) is 19.8 Å². The van der Waals surface area contributed by atoms with E-state index in [0.717, 1.165) is 39.0 Å². The van der Waals surface area contributed by atoms with Gasteiger partial charge in [-0.05, 0) is 45.9 Å². The summed E-state index contributed by atoms with van der Waals surface area (Å²) in [6.45, 7) is 14.5. The number of carbonyl (C=O) groups is 1. The minimum absolute atomic E-state index is 0.200. The second-order valence-corrected chi connectivity index (χ2v) is 10.7. The van der Waals surface area contributed by atoms with Crippen LogP contribution in [0.4, 0.5) is 17.6 Å². The standard InChI is InChI=1S/C30H48N8O5/c1-5-11-32-28(39)24-22-33-29(37-27(24)36-26-8-6-7-25(35-26)30(2,3)40)34-23-9-13-38(14-10-23)15-17-42-19-21-43-20-18-41-16-12-31-4/h5-8,22-23,31,40H,1,9-21H2,2-4H3,(H,32,39)(H2,33,34,35,36,37). The molecule has 1 saturated heterocycles. The van der Waals surface area contributed by atoms with Gasteiger partial charge in [-0.15, -0.1) is 6.58 Å². The molecule has 0 aliphatic carbocycles. The van der Waals surface area contributed by atoms with E-state index in [1.165, 1.54) is 6.20 Å². The number of hydrogen-bond acceptors (Lipinski definition) is 12. The van der Waals surface area contributed by atoms with Crippen molar-refractivity contribution in [3.63, 3.8) is 0 Å². The lowest BCUT2D eigenvalue weighted by Gasteiger charge is -2.32. The third-order valence-electron chi connectivity index (χ3n) is 6.78. The van der Waals surface area contributed by atoms with Crippen molar-refractivity contribution in [2.24, 2.45) is 0 Å². The molecule has 0 spiro atoms. The van der Waals surface area contributed by atoms with Gasteiger partial charge in [0.25, 0.3) is 5.91 Å². The van der Waals surface area contributed by atoms with Crippen LogP contribution in [0.5, 0.6) is 0 Å². The van der Waals surface area contributed by atoms with Crippen molar-refractivity contribution in [2.75, 3.05) is 90.0 Å². The molecule has 1 aliphatic heterocycles. The summed E-state index contributed by atoms with van der Waals surface area (Å²) in [6.07, 6.45) is 4.97. The second-order valence-electron chi connectivity index (χ2n) is 10.7. The fourth-order valence-electron chi connectivity index (χ4n) is 4.33. The highest BCUT2D eigenvalue weighted by molar-refractivity contribution is 5.99. The molecule has 13 nitrogen and oxygen atoms in total. The Kier molecular flexibility index (Phi) is 14.7. The minimum atomic E-state index is -1.11. The summed E-state index contributed by atoms with van der Waals surface area (Å²) < 4.78 is 16.7. The molecule has 13 heteroatoms. The zero-order valence-corrected chi connectivity index (χ0v) is 25.7. The first-order chi connectivity index (χ1) is 20.8. The van der Waals surface area contributed by atoms with Gasteiger partial charge < -0.3 is 45.5 Å². The summed E-state index contributed by atoms with van der Waals surface area (Å²) in [7, 11) is 1.90. The summed E-state index contributed by atoms with van der Waals surface area (Å²) in [6, 6.07) is 5.49. The van der Waals surface area contributed by atoms with Gasteiger partial charge in [0.1, 0.15) is 22.8 Å². The van der Waals surface area contributed by atoms with E-state index >= 15 is 0 Å². The normalized spacial score (nSPS) is 14.4. The number of nitrogens with zero attached hydrogens (tertiary/aromatic N) is 4. The number of anilines is 3. The van der Waals surface area contributed by atoms with E-state index in [-0.39, 0.29) is 17.5 Å². The van der Waals surface area contributed by atoms with Crippen molar-refractivity contribution in [2.45, 2.75) is 38.3 Å². The molecule has 0 radical (unpaired) electrons. The lowest BCUT2D eigenvalue weighted by molar-refractivity contribution is 0.0103. The zero-order chi connectivity index (χ0) is 30.9. The van der Waals surface area contributed by atoms with E-state index in [1.54, 1.807) is 38.1 Å². The highest BCUT2D eigenvalue weighted by atomic mass is 16.5. The number of hydrogen-bond donors (Lipinski definition) is 5. The predicted molar refractivity (Wildman–Crippen MR) is 167 cm³/mol. The number of ether oxygens (including phenoxy) is 3. The Bertz CT molecular complexity index is 1120. The van der Waals surface area contributed by atoms with E-state index in [9.17, 15) is 9.90 Å². The number of piperidine rings is 1. The van der Waals surface area contributed by atoms with E-state index in [1.807, 2.05) is 7.05 Å². The second kappa shape index (κ2) is 18.5. The number of likely N-dealkylation sites (tertiary alicyclic amines) is 1. The number of rotatable bonds is 20. The van der Waals surface area contributed by atoms with E-state index in [0.29, 0.717) is 69.5 Å². The van der Waals surface area contributed by atoms with Gasteiger partial charge in [-0.25, -0.2) is 9.97 Å². The van der Waals surface area contributed by atoms with Crippen LogP contribution < -0.4 is 21.3 Å². The fourth-order valence-corrected chi connectivity index (χ4v) is 4.33. The molecule has 43 heavy (non-hydrogen) atoms. The molecule has 1 aliphatic rings. The molecule has 0 bridgehead atoms. The summed E-state index contributed by atoms with van der Waals surface area (Å²) in [5, 5.41) is 22.7. The number of pyridine rings is 1. The molecule has 0 atom stereocenters. The van der Waals surface area contributed by atoms with Crippen LogP contribution in [0.1, 0.15) is 42.7 Å². The molecular weight excluding hydrogens is 552 g/mol. The van der Waals surface area contributed by atoms with Crippen LogP contribution in [0.3, 0.4) is 0 Å². The van der Waals surface area contributed by atoms with Crippen molar-refractivity contribution in [1.29, 1.82) is 0 Å². The molecule has 0 aromatic carbocycles. The van der Waals surface area contributed by atoms with E-state index < -0.39 is 5.60 Å². The van der Waals surface area contributed by atoms with Gasteiger partial charge in [-0.1, -0.05) is 12.1 Å². The Labute approximate surface area is 254 Å². The molecule has 1 amide bonds. The smallest absolute Gasteiger partial charge is 0.256 e. The van der Waals surface area contributed by atoms with Crippen molar-refractivity contribution < 1.29 is 24.1 Å². The third-order valence-corrected chi connectivity index (χ3v) is 6.78. The molecule has 0 saturated carbocycles. The van der Waals surface area contributed by atoms with Crippen molar-refractivity contribution >= 4 is 23.5 Å². The SMILES string of the molecule is C=CCNC(=O)c1cnc(NC2CCN(CCOCCOCCOCCNC)CC2)nc1Nc1cccc(C(C)(C)O)n1. The van der Waals surface area contributed by atoms with Gasteiger partial charge in [-0.2, -0.15) is 4.98 Å². The number of aliphatic hydroxyl groups is 1. The lowest BCUT2D eigenvalue weighted by atomic mass is 10.1. The maximum absolute atomic E-state index is 12.8. The van der Waals surface area contributed by atoms with E-state index in [4.69, 9.17) is 14.2 Å². The average molecular weight is 601 g/mol. The Balaban J connectivity index is 1.47. The first-order valence-electron chi connectivity index (χ1n) is 14.9. The molecular formula is C30H48N8O5. The number of carbonyl (C=O) groups excluding carboxylic acids is 1. The Morgan fingerprint density at radius 1 is 1.09 bits per heavy atom. The van der Waals surface area contributed by atoms with Gasteiger partial charge in [0.2, 0.25) is 5.95 Å². The molecule has 2 aromatic rings. The van der Waals surface area contributed by atoms with Crippen molar-refractivity contribution in [3.05, 3.63) is 48.3 Å². The van der Waals surface area contributed by atoms with E-state index in [2.05, 4.69) is 47.7 Å². The van der Waals surface area contributed by atoms with Gasteiger partial charge in [0.15, 0.2) is 0 Å². The molecule has 5 N–H and O–H groups in total. The fraction of sp³-hybridized carbons (Fsp3) is 0.600. The molecule has 0 unspecified atom stereocenters. The van der Waals surface area contributed by atoms with Crippen LogP contribution in [0, 0.1) is 0 Å². The summed E-state index contributed by atoms with van der Waals surface area (Å²) >= 11 is 0. The molecule has 3 rings (SSSR count). The van der Waals surface area contributed by atoms with Gasteiger partial charge in [-0.3, -0.25) is 4.79 Å². The monoisotopic (exact) mass is 600 g/mol. The highest BCUT2D eigenvalue weighted by Crippen LogP contribution is 2.23. The van der Waals surface area contributed by atoms with Crippen LogP contribution in [0.15, 0.2) is 37.1 Å². The number of likely N-dealkylation sites (N-methyl/N-ethyl adjacent to an activating group) is 1. The van der Waals surface area contributed by atoms with Crippen LogP contribution in [0.2, 0.25) is 0 Å². The Morgan fingerprint density at radius 3 is 2.47 bits per heavy atom. The van der Waals surface area contributed by atoms with Crippen molar-refractivity contribution in [1.82, 2.24) is 30.5 Å². The maximum Gasteiger partial charge on any atom is 0.256 e. The van der Waals surface area contributed by atoms with Gasteiger partial charge in [0, 0.05) is 45.0 Å². The zero-order valence-electron chi connectivity index (χ0n) is 25.7. The Morgan fingerprint density at radius 2 is 1.79 bits per heavy atom. The number of nitrogens with one attached hydrogen (secondary N) is 4. The van der Waals surface area contributed by atoms with Gasteiger partial charge in [0.05, 0.1) is 45.3 Å². The summed E-state index contributed by atoms with van der Waals surface area (Å²) in [5.74, 6) is 0.872. The average Bonchev–Trinajstić information content (AvgIpc) is 2.99. The number of amides is 1. The Hall–Kier alpha value is -3.20. The summed E-state index contributed by atoms with van der Waals surface area (Å²) in [5.41, 5.74) is -0.340. The predicted octanol–water partition coefficient (Wildman–Crippen LogP) is 1.90. The van der Waals surface area contributed by atoms with Crippen LogP contribution in [-0.4, -0.2) is 116 Å². The first-order valence-corrected chi connectivity index (χ1v) is 14.9. The van der Waals surface area contributed by atoms with Crippen LogP contribution >= 0.6 is 0 Å². The maximum atomic E-state index is 12.8. The molecule has 3 heterocycles. The minimum Gasteiger partial charge on any atom is -0.384 e. The van der Waals surface area contributed by atoms with Gasteiger partial charge >= 0.3 is 0 Å². The summed E-state index contributed by atoms with van der Waals surface area (Å²) in [4.78, 5) is 28.7. The van der Waals surface area contributed by atoms with Crippen molar-refractivity contribution in [3.8, 4) is 0 Å². The topological polar surface area (TPSA) is 155 Å². The first kappa shape index (κ1) is 34.3. The lowest BCUT2D eigenvalue weighted by Crippen LogP contribution is -2.41. The quantitative estimate of drug-likeness (QED) is 0.111. The van der Waals surface area contributed by atoms with Crippen LogP contribution in [0.25, 0.3) is 0 Å². The molecule has 1 fully saturated rings. The largest absolute Gasteiger partial charge is 0.384 e. The highest BCUT2D eigenvalue weighted by Gasteiger charge is 2.22. The molecule has 238 valence electrons. The third kappa shape index (κ3) is 12.5. The number of aromatic nitrogens is 3. The molecule has 2 aromatic heterocycles.